The molecule has 0 spiro atoms. The van der Waals surface area contributed by atoms with Crippen molar-refractivity contribution in [2.45, 2.75) is 51.4 Å². The number of rotatable bonds is 4. The summed E-state index contributed by atoms with van der Waals surface area (Å²) in [6.07, 6.45) is 2.64. The Morgan fingerprint density at radius 3 is 1.35 bits per heavy atom. The van der Waals surface area contributed by atoms with E-state index in [1.165, 1.54) is 12.8 Å². The minimum atomic E-state index is -5.91. The van der Waals surface area contributed by atoms with Crippen molar-refractivity contribution < 1.29 is 36.2 Å². The molecule has 0 aromatic rings. The number of aliphatic carboxylic acids is 1. The van der Waals surface area contributed by atoms with Crippen LogP contribution in [0.2, 0.25) is 0 Å². The lowest BCUT2D eigenvalue weighted by Crippen LogP contribution is -2.56. The first kappa shape index (κ1) is 18.4. The van der Waals surface area contributed by atoms with Crippen LogP contribution < -0.4 is 0 Å². The Kier molecular flexibility index (Phi) is 6.62. The molecule has 0 saturated carbocycles. The monoisotopic (exact) mass is 268 g/mol. The number of halogens is 6. The van der Waals surface area contributed by atoms with E-state index in [9.17, 15) is 31.1 Å². The lowest BCUT2D eigenvalue weighted by molar-refractivity contribution is -0.297. The van der Waals surface area contributed by atoms with Crippen molar-refractivity contribution >= 4 is 5.97 Å². The molecule has 0 aliphatic heterocycles. The maximum atomic E-state index is 12.1. The first-order valence-electron chi connectivity index (χ1n) is 4.73. The van der Waals surface area contributed by atoms with Crippen LogP contribution >= 0.6 is 0 Å². The van der Waals surface area contributed by atoms with Crippen LogP contribution in [0.15, 0.2) is 0 Å². The van der Waals surface area contributed by atoms with Crippen molar-refractivity contribution in [3.05, 3.63) is 0 Å². The molecule has 0 radical (unpaired) electrons. The maximum Gasteiger partial charge on any atom is 0.410 e. The molecular formula is C9H14F6O2. The molecule has 1 N–H and O–H groups in total. The van der Waals surface area contributed by atoms with Crippen molar-refractivity contribution in [2.24, 2.45) is 0 Å². The lowest BCUT2D eigenvalue weighted by Gasteiger charge is -2.27. The van der Waals surface area contributed by atoms with Gasteiger partial charge >= 0.3 is 23.7 Å². The van der Waals surface area contributed by atoms with Gasteiger partial charge in [0.15, 0.2) is 0 Å². The molecular weight excluding hydrogens is 254 g/mol. The van der Waals surface area contributed by atoms with Crippen LogP contribution in [0.3, 0.4) is 0 Å². The second kappa shape index (κ2) is 6.11. The molecule has 0 aromatic heterocycles. The molecule has 0 rings (SSSR count). The fourth-order valence-electron chi connectivity index (χ4n) is 0.410. The van der Waals surface area contributed by atoms with Crippen LogP contribution in [0, 0.1) is 0 Å². The normalized spacial score (nSPS) is 12.8. The van der Waals surface area contributed by atoms with Crippen LogP contribution in [-0.2, 0) is 4.79 Å². The van der Waals surface area contributed by atoms with Crippen molar-refractivity contribution in [1.29, 1.82) is 0 Å². The fourth-order valence-corrected chi connectivity index (χ4v) is 0.410. The number of hydrogen-bond donors (Lipinski definition) is 1. The molecule has 0 heterocycles. The van der Waals surface area contributed by atoms with Gasteiger partial charge in [-0.25, -0.2) is 4.79 Å². The van der Waals surface area contributed by atoms with Crippen LogP contribution in [0.4, 0.5) is 26.3 Å². The molecule has 8 heteroatoms. The van der Waals surface area contributed by atoms with Gasteiger partial charge < -0.3 is 5.11 Å². The summed E-state index contributed by atoms with van der Waals surface area (Å²) in [5.74, 6) is -20.1. The molecule has 17 heavy (non-hydrogen) atoms. The first-order chi connectivity index (χ1) is 7.36. The molecule has 0 amide bonds. The van der Waals surface area contributed by atoms with Crippen LogP contribution in [0.25, 0.3) is 0 Å². The Bertz CT molecular complexity index is 244. The zero-order valence-electron chi connectivity index (χ0n) is 9.54. The average Bonchev–Trinajstić information content (AvgIpc) is 2.16. The summed E-state index contributed by atoms with van der Waals surface area (Å²) in [5.41, 5.74) is 0. The highest BCUT2D eigenvalue weighted by Crippen LogP contribution is 2.45. The van der Waals surface area contributed by atoms with Crippen molar-refractivity contribution in [3.63, 3.8) is 0 Å². The summed E-state index contributed by atoms with van der Waals surface area (Å²) in [4.78, 5) is 9.55. The Hall–Kier alpha value is -0.950. The molecule has 0 unspecified atom stereocenters. The first-order valence-corrected chi connectivity index (χ1v) is 4.73. The van der Waals surface area contributed by atoms with E-state index in [0.717, 1.165) is 0 Å². The molecule has 0 aliphatic carbocycles. The van der Waals surface area contributed by atoms with Gasteiger partial charge in [-0.2, -0.15) is 26.3 Å². The number of unbranched alkanes of at least 4 members (excludes halogenated alkanes) is 1. The van der Waals surface area contributed by atoms with Gasteiger partial charge in [0, 0.05) is 6.92 Å². The predicted molar refractivity (Wildman–Crippen MR) is 48.7 cm³/mol. The third-order valence-electron chi connectivity index (χ3n) is 1.71. The van der Waals surface area contributed by atoms with Gasteiger partial charge in [0.2, 0.25) is 0 Å². The van der Waals surface area contributed by atoms with Gasteiger partial charge in [-0.15, -0.1) is 0 Å². The van der Waals surface area contributed by atoms with Crippen molar-refractivity contribution in [1.82, 2.24) is 0 Å². The second-order valence-corrected chi connectivity index (χ2v) is 3.34. The summed E-state index contributed by atoms with van der Waals surface area (Å²) in [7, 11) is 0. The number of carboxylic acids is 1. The van der Waals surface area contributed by atoms with E-state index in [-0.39, 0.29) is 0 Å². The largest absolute Gasteiger partial charge is 0.477 e. The highest BCUT2D eigenvalue weighted by Gasteiger charge is 2.73. The van der Waals surface area contributed by atoms with E-state index in [1.54, 1.807) is 0 Å². The molecule has 104 valence electrons. The number of carbonyl (C=O) groups is 1. The van der Waals surface area contributed by atoms with Gasteiger partial charge in [0.1, 0.15) is 0 Å². The third kappa shape index (κ3) is 4.43. The van der Waals surface area contributed by atoms with Gasteiger partial charge in [-0.1, -0.05) is 26.7 Å². The summed E-state index contributed by atoms with van der Waals surface area (Å²) < 4.78 is 71.9. The van der Waals surface area contributed by atoms with E-state index < -0.39 is 30.7 Å². The Morgan fingerprint density at radius 1 is 1.00 bits per heavy atom. The smallest absolute Gasteiger partial charge is 0.410 e. The summed E-state index contributed by atoms with van der Waals surface area (Å²) >= 11 is 0. The Balaban J connectivity index is 0. The third-order valence-corrected chi connectivity index (χ3v) is 1.71. The molecule has 0 aromatic carbocycles. The van der Waals surface area contributed by atoms with Gasteiger partial charge in [-0.3, -0.25) is 0 Å². The predicted octanol–water partition coefficient (Wildman–Crippen LogP) is 3.80. The molecule has 0 aliphatic rings. The highest BCUT2D eigenvalue weighted by atomic mass is 19.3. The molecule has 0 bridgehead atoms. The average molecular weight is 268 g/mol. The van der Waals surface area contributed by atoms with Crippen LogP contribution in [0.5, 0.6) is 0 Å². The Labute approximate surface area is 94.6 Å². The molecule has 2 nitrogen and oxygen atoms in total. The van der Waals surface area contributed by atoms with Crippen molar-refractivity contribution in [2.75, 3.05) is 0 Å². The van der Waals surface area contributed by atoms with E-state index in [0.29, 0.717) is 0 Å². The zero-order valence-corrected chi connectivity index (χ0v) is 9.54. The highest BCUT2D eigenvalue weighted by molar-refractivity contribution is 5.77. The second-order valence-electron chi connectivity index (χ2n) is 3.34. The van der Waals surface area contributed by atoms with E-state index in [2.05, 4.69) is 13.8 Å². The molecule has 0 fully saturated rings. The summed E-state index contributed by atoms with van der Waals surface area (Å²) in [6, 6.07) is 0. The SMILES string of the molecule is CC(F)(F)C(F)(F)C(F)(F)C(=O)O.CCCC. The number of hydrogen-bond acceptors (Lipinski definition) is 1. The fraction of sp³-hybridized carbons (Fsp3) is 0.889. The lowest BCUT2D eigenvalue weighted by atomic mass is 10.1. The maximum absolute atomic E-state index is 12.1. The zero-order chi connectivity index (χ0) is 14.5. The van der Waals surface area contributed by atoms with Crippen LogP contribution in [0.1, 0.15) is 33.6 Å². The van der Waals surface area contributed by atoms with Crippen molar-refractivity contribution in [3.8, 4) is 0 Å². The molecule has 0 atom stereocenters. The van der Waals surface area contributed by atoms with Gasteiger partial charge in [-0.05, 0) is 0 Å². The topological polar surface area (TPSA) is 37.3 Å². The van der Waals surface area contributed by atoms with E-state index in [1.807, 2.05) is 0 Å². The number of carboxylic acid groups (broad SMARTS) is 1. The molecule has 0 saturated heterocycles. The Morgan fingerprint density at radius 2 is 1.29 bits per heavy atom. The summed E-state index contributed by atoms with van der Waals surface area (Å²) in [6.45, 7) is 3.88. The van der Waals surface area contributed by atoms with E-state index >= 15 is 0 Å². The number of alkyl halides is 6. The van der Waals surface area contributed by atoms with Gasteiger partial charge in [0.25, 0.3) is 0 Å². The van der Waals surface area contributed by atoms with Crippen LogP contribution in [-0.4, -0.2) is 28.8 Å². The van der Waals surface area contributed by atoms with E-state index in [4.69, 9.17) is 5.11 Å². The minimum Gasteiger partial charge on any atom is -0.477 e. The van der Waals surface area contributed by atoms with Gasteiger partial charge in [0.05, 0.1) is 0 Å². The minimum absolute atomic E-state index is 0.482. The summed E-state index contributed by atoms with van der Waals surface area (Å²) in [5, 5.41) is 7.58. The standard InChI is InChI=1S/C5H4F6O2.C4H10/c1-3(6,7)5(10,11)4(8,9)2(12)13;1-3-4-2/h1H3,(H,12,13);3-4H2,1-2H3. The quantitative estimate of drug-likeness (QED) is 0.787.